The topological polar surface area (TPSA) is 153 Å². The first kappa shape index (κ1) is 32.4. The van der Waals surface area contributed by atoms with Gasteiger partial charge in [-0.15, -0.1) is 21.5 Å². The Labute approximate surface area is 264 Å². The Bertz CT molecular complexity index is 1980. The number of carbonyl (C=O) groups is 1. The van der Waals surface area contributed by atoms with Gasteiger partial charge >= 0.3 is 11.7 Å². The summed E-state index contributed by atoms with van der Waals surface area (Å²) < 4.78 is 36.8. The van der Waals surface area contributed by atoms with E-state index in [9.17, 15) is 28.3 Å². The van der Waals surface area contributed by atoms with E-state index in [0.717, 1.165) is 32.6 Å². The fraction of sp³-hybridized carbons (Fsp3) is 0.233. The number of rotatable bonds is 11. The number of carbonyl (C=O) groups excluding carboxylic acids is 1. The Morgan fingerprint density at radius 1 is 1.02 bits per heavy atom. The summed E-state index contributed by atoms with van der Waals surface area (Å²) in [5.41, 5.74) is 1.79. The SMILES string of the molecule is CONC(=O)Nc1ccc(-c2sc3c(c2CN(C)CCO)c(=O)n(-c2ccc(OC)nn2)c(=O)n3Cc2c(F)cccc2F)cc1. The van der Waals surface area contributed by atoms with Gasteiger partial charge in [0.25, 0.3) is 5.56 Å². The number of hydrogen-bond donors (Lipinski definition) is 3. The van der Waals surface area contributed by atoms with Crippen LogP contribution in [-0.4, -0.2) is 69.8 Å². The van der Waals surface area contributed by atoms with Gasteiger partial charge in [-0.2, -0.15) is 0 Å². The molecule has 0 bridgehead atoms. The van der Waals surface area contributed by atoms with Crippen LogP contribution in [0.25, 0.3) is 26.5 Å². The molecule has 0 spiro atoms. The molecule has 3 aromatic heterocycles. The normalized spacial score (nSPS) is 11.3. The fourth-order valence-electron chi connectivity index (χ4n) is 4.85. The summed E-state index contributed by atoms with van der Waals surface area (Å²) in [6, 6.07) is 12.3. The highest BCUT2D eigenvalue weighted by atomic mass is 32.1. The highest BCUT2D eigenvalue weighted by Gasteiger charge is 2.26. The monoisotopic (exact) mass is 653 g/mol. The second kappa shape index (κ2) is 13.9. The van der Waals surface area contributed by atoms with E-state index in [-0.39, 0.29) is 47.2 Å². The van der Waals surface area contributed by atoms with Crippen molar-refractivity contribution < 1.29 is 28.3 Å². The number of anilines is 1. The van der Waals surface area contributed by atoms with Crippen molar-refractivity contribution in [3.05, 3.63) is 98.2 Å². The van der Waals surface area contributed by atoms with Gasteiger partial charge in [0, 0.05) is 35.3 Å². The largest absolute Gasteiger partial charge is 0.480 e. The average molecular weight is 654 g/mol. The molecule has 5 aromatic rings. The van der Waals surface area contributed by atoms with Crippen LogP contribution >= 0.6 is 11.3 Å². The van der Waals surface area contributed by atoms with Gasteiger partial charge in [-0.05, 0) is 48.5 Å². The molecule has 0 aliphatic carbocycles. The van der Waals surface area contributed by atoms with Gasteiger partial charge in [0.2, 0.25) is 5.88 Å². The van der Waals surface area contributed by atoms with Crippen molar-refractivity contribution in [1.82, 2.24) is 29.7 Å². The highest BCUT2D eigenvalue weighted by molar-refractivity contribution is 7.22. The number of halogens is 2. The molecular formula is C30H29F2N7O6S. The summed E-state index contributed by atoms with van der Waals surface area (Å²) in [5, 5.41) is 20.2. The summed E-state index contributed by atoms with van der Waals surface area (Å²) >= 11 is 1.10. The molecule has 5 rings (SSSR count). The zero-order valence-electron chi connectivity index (χ0n) is 24.9. The molecule has 0 aliphatic heterocycles. The van der Waals surface area contributed by atoms with Crippen LogP contribution < -0.4 is 26.8 Å². The summed E-state index contributed by atoms with van der Waals surface area (Å²) in [7, 11) is 4.44. The first-order chi connectivity index (χ1) is 22.2. The van der Waals surface area contributed by atoms with Gasteiger partial charge < -0.3 is 15.2 Å². The fourth-order valence-corrected chi connectivity index (χ4v) is 6.15. The Morgan fingerprint density at radius 2 is 1.74 bits per heavy atom. The van der Waals surface area contributed by atoms with Crippen LogP contribution in [0.1, 0.15) is 11.1 Å². The number of methoxy groups -OCH3 is 1. The van der Waals surface area contributed by atoms with E-state index < -0.39 is 35.5 Å². The lowest BCUT2D eigenvalue weighted by Crippen LogP contribution is -2.40. The van der Waals surface area contributed by atoms with Crippen molar-refractivity contribution in [2.45, 2.75) is 13.1 Å². The Balaban J connectivity index is 1.79. The van der Waals surface area contributed by atoms with Crippen LogP contribution in [0.2, 0.25) is 0 Å². The van der Waals surface area contributed by atoms with Crippen LogP contribution in [0.4, 0.5) is 19.3 Å². The molecule has 3 N–H and O–H groups in total. The number of fused-ring (bicyclic) bond motifs is 1. The van der Waals surface area contributed by atoms with Gasteiger partial charge in [-0.3, -0.25) is 19.1 Å². The maximum Gasteiger partial charge on any atom is 0.343 e. The number of ether oxygens (including phenoxy) is 1. The first-order valence-corrected chi connectivity index (χ1v) is 14.6. The smallest absolute Gasteiger partial charge is 0.343 e. The van der Waals surface area contributed by atoms with E-state index in [4.69, 9.17) is 4.74 Å². The second-order valence-electron chi connectivity index (χ2n) is 10.0. The minimum absolute atomic E-state index is 0.118. The predicted octanol–water partition coefficient (Wildman–Crippen LogP) is 3.11. The molecule has 0 saturated heterocycles. The molecule has 0 aliphatic rings. The second-order valence-corrected chi connectivity index (χ2v) is 11.0. The average Bonchev–Trinajstić information content (AvgIpc) is 3.40. The van der Waals surface area contributed by atoms with Gasteiger partial charge in [-0.1, -0.05) is 18.2 Å². The summed E-state index contributed by atoms with van der Waals surface area (Å²) in [6.45, 7) is -0.240. The molecule has 2 aromatic carbocycles. The number of amides is 2. The number of aromatic nitrogens is 4. The molecule has 240 valence electrons. The van der Waals surface area contributed by atoms with E-state index in [1.165, 1.54) is 32.4 Å². The predicted molar refractivity (Wildman–Crippen MR) is 167 cm³/mol. The van der Waals surface area contributed by atoms with Gasteiger partial charge in [0.1, 0.15) is 16.5 Å². The zero-order chi connectivity index (χ0) is 33.0. The van der Waals surface area contributed by atoms with Crippen molar-refractivity contribution in [3.63, 3.8) is 0 Å². The number of hydrogen-bond acceptors (Lipinski definition) is 10. The maximum absolute atomic E-state index is 14.9. The third kappa shape index (κ3) is 6.50. The Morgan fingerprint density at radius 3 is 2.35 bits per heavy atom. The molecule has 0 fully saturated rings. The third-order valence-electron chi connectivity index (χ3n) is 7.02. The van der Waals surface area contributed by atoms with E-state index in [2.05, 4.69) is 25.8 Å². The number of hydroxylamine groups is 1. The molecule has 46 heavy (non-hydrogen) atoms. The van der Waals surface area contributed by atoms with E-state index >= 15 is 0 Å². The first-order valence-electron chi connectivity index (χ1n) is 13.8. The lowest BCUT2D eigenvalue weighted by atomic mass is 10.1. The van der Waals surface area contributed by atoms with Crippen LogP contribution in [0.5, 0.6) is 5.88 Å². The molecule has 0 radical (unpaired) electrons. The molecule has 16 heteroatoms. The minimum atomic E-state index is -0.883. The minimum Gasteiger partial charge on any atom is -0.480 e. The maximum atomic E-state index is 14.9. The van der Waals surface area contributed by atoms with Crippen LogP contribution in [0, 0.1) is 11.6 Å². The van der Waals surface area contributed by atoms with E-state index in [0.29, 0.717) is 21.7 Å². The number of aliphatic hydroxyl groups excluding tert-OH is 1. The summed E-state index contributed by atoms with van der Waals surface area (Å²) in [6.07, 6.45) is 0. The van der Waals surface area contributed by atoms with Crippen molar-refractivity contribution in [3.8, 4) is 22.1 Å². The number of urea groups is 1. The Hall–Kier alpha value is -5.03. The summed E-state index contributed by atoms with van der Waals surface area (Å²) in [4.78, 5) is 47.4. The third-order valence-corrected chi connectivity index (χ3v) is 8.33. The van der Waals surface area contributed by atoms with E-state index in [1.807, 2.05) is 0 Å². The van der Waals surface area contributed by atoms with Crippen LogP contribution in [-0.2, 0) is 17.9 Å². The van der Waals surface area contributed by atoms with Crippen LogP contribution in [0.15, 0.2) is 64.2 Å². The molecule has 0 unspecified atom stereocenters. The number of nitrogens with zero attached hydrogens (tertiary/aromatic N) is 5. The molecule has 0 atom stereocenters. The molecule has 13 nitrogen and oxygen atoms in total. The summed E-state index contributed by atoms with van der Waals surface area (Å²) in [5.74, 6) is -1.69. The molecule has 3 heterocycles. The number of thiophene rings is 1. The van der Waals surface area contributed by atoms with Crippen molar-refractivity contribution in [2.24, 2.45) is 0 Å². The lowest BCUT2D eigenvalue weighted by Gasteiger charge is -2.17. The quantitative estimate of drug-likeness (QED) is 0.183. The zero-order valence-corrected chi connectivity index (χ0v) is 25.7. The van der Waals surface area contributed by atoms with Crippen molar-refractivity contribution >= 4 is 33.3 Å². The molecule has 0 saturated carbocycles. The van der Waals surface area contributed by atoms with Gasteiger partial charge in [0.15, 0.2) is 5.82 Å². The lowest BCUT2D eigenvalue weighted by molar-refractivity contribution is 0.114. The number of likely N-dealkylation sites (N-methyl/N-ethyl adjacent to an activating group) is 1. The van der Waals surface area contributed by atoms with Gasteiger partial charge in [0.05, 0.1) is 32.8 Å². The number of aliphatic hydroxyl groups is 1. The van der Waals surface area contributed by atoms with E-state index in [1.54, 1.807) is 36.2 Å². The van der Waals surface area contributed by atoms with Gasteiger partial charge in [-0.25, -0.2) is 28.4 Å². The number of nitrogens with one attached hydrogen (secondary N) is 2. The number of benzene rings is 2. The highest BCUT2D eigenvalue weighted by Crippen LogP contribution is 2.38. The van der Waals surface area contributed by atoms with Crippen LogP contribution in [0.3, 0.4) is 0 Å². The molecular weight excluding hydrogens is 624 g/mol. The standard InChI is InChI=1S/C30H29F2N7O6S/c1-37(13-14-40)15-20-25-27(41)39(23-11-12-24(44-2)35-34-23)30(43)38(16-19-21(31)5-4-6-22(19)32)28(25)46-26(20)17-7-9-18(10-8-17)33-29(42)36-45-3/h4-12,40H,13-16H2,1-3H3,(H2,33,36,42). The van der Waals surface area contributed by atoms with Crippen molar-refractivity contribution in [2.75, 3.05) is 39.7 Å². The molecule has 2 amide bonds. The Kier molecular flexibility index (Phi) is 9.81. The van der Waals surface area contributed by atoms with Crippen molar-refractivity contribution in [1.29, 1.82) is 0 Å².